The molecule has 0 bridgehead atoms. The fourth-order valence-corrected chi connectivity index (χ4v) is 1.71. The Bertz CT molecular complexity index is 497. The third-order valence-corrected chi connectivity index (χ3v) is 2.67. The lowest BCUT2D eigenvalue weighted by atomic mass is 10.5. The summed E-state index contributed by atoms with van der Waals surface area (Å²) in [6.45, 7) is 0. The smallest absolute Gasteiger partial charge is 0.165 e. The van der Waals surface area contributed by atoms with Crippen LogP contribution in [0.1, 0.15) is 12.5 Å². The van der Waals surface area contributed by atoms with Crippen molar-refractivity contribution >= 4 is 22.8 Å². The minimum atomic E-state index is -0.277. The lowest BCUT2D eigenvalue weighted by Crippen LogP contribution is -1.97. The van der Waals surface area contributed by atoms with E-state index < -0.39 is 0 Å². The van der Waals surface area contributed by atoms with E-state index in [2.05, 4.69) is 15.0 Å². The number of hydrogen-bond donors (Lipinski definition) is 1. The van der Waals surface area contributed by atoms with Crippen molar-refractivity contribution in [3.63, 3.8) is 0 Å². The summed E-state index contributed by atoms with van der Waals surface area (Å²) in [5.41, 5.74) is 1.28. The Kier molecular flexibility index (Phi) is 1.54. The Balaban J connectivity index is 2.22. The maximum absolute atomic E-state index is 9.30. The summed E-state index contributed by atoms with van der Waals surface area (Å²) < 4.78 is 1.84. The van der Waals surface area contributed by atoms with Gasteiger partial charge in [0, 0.05) is 0 Å². The normalized spacial score (nSPS) is 25.6. The lowest BCUT2D eigenvalue weighted by Gasteiger charge is -1.99. The average Bonchev–Trinajstić information content (AvgIpc) is 2.75. The van der Waals surface area contributed by atoms with Crippen LogP contribution in [0.3, 0.4) is 0 Å². The fourth-order valence-electron chi connectivity index (χ4n) is 1.53. The van der Waals surface area contributed by atoms with E-state index >= 15 is 0 Å². The molecule has 1 fully saturated rings. The van der Waals surface area contributed by atoms with Gasteiger partial charge in [0.1, 0.15) is 11.8 Å². The van der Waals surface area contributed by atoms with Gasteiger partial charge < -0.3 is 9.67 Å². The molecule has 1 saturated carbocycles. The molecule has 0 spiro atoms. The first kappa shape index (κ1) is 8.14. The van der Waals surface area contributed by atoms with Gasteiger partial charge in [-0.1, -0.05) is 11.6 Å². The number of halogens is 1. The maximum atomic E-state index is 9.30. The topological polar surface area (TPSA) is 63.8 Å². The third-order valence-electron chi connectivity index (χ3n) is 2.40. The zero-order valence-electron chi connectivity index (χ0n) is 7.13. The summed E-state index contributed by atoms with van der Waals surface area (Å²) in [6.07, 6.45) is 3.53. The molecule has 0 aromatic carbocycles. The van der Waals surface area contributed by atoms with E-state index in [1.54, 1.807) is 6.33 Å². The number of aromatic nitrogens is 4. The Morgan fingerprint density at radius 2 is 2.21 bits per heavy atom. The van der Waals surface area contributed by atoms with Crippen molar-refractivity contribution in [1.82, 2.24) is 19.5 Å². The van der Waals surface area contributed by atoms with Gasteiger partial charge in [-0.15, -0.1) is 0 Å². The molecule has 5 nitrogen and oxygen atoms in total. The Labute approximate surface area is 84.4 Å². The van der Waals surface area contributed by atoms with E-state index in [9.17, 15) is 5.11 Å². The van der Waals surface area contributed by atoms with Crippen LogP contribution in [-0.2, 0) is 0 Å². The first-order valence-corrected chi connectivity index (χ1v) is 4.66. The predicted octanol–water partition coefficient (Wildman–Crippen LogP) is 0.785. The first-order chi connectivity index (χ1) is 6.77. The van der Waals surface area contributed by atoms with E-state index in [1.807, 2.05) is 4.57 Å². The zero-order valence-corrected chi connectivity index (χ0v) is 7.89. The molecule has 1 aliphatic carbocycles. The number of rotatable bonds is 1. The van der Waals surface area contributed by atoms with Crippen LogP contribution in [0.15, 0.2) is 12.7 Å². The summed E-state index contributed by atoms with van der Waals surface area (Å²) >= 11 is 5.84. The van der Waals surface area contributed by atoms with Crippen LogP contribution in [0.2, 0.25) is 5.15 Å². The summed E-state index contributed by atoms with van der Waals surface area (Å²) in [5.74, 6) is 0. The van der Waals surface area contributed by atoms with Gasteiger partial charge in [-0.2, -0.15) is 0 Å². The second-order valence-corrected chi connectivity index (χ2v) is 3.72. The van der Waals surface area contributed by atoms with E-state index in [4.69, 9.17) is 11.6 Å². The van der Waals surface area contributed by atoms with Crippen molar-refractivity contribution < 1.29 is 5.11 Å². The zero-order chi connectivity index (χ0) is 9.71. The molecular weight excluding hydrogens is 204 g/mol. The van der Waals surface area contributed by atoms with Gasteiger partial charge in [0.15, 0.2) is 10.8 Å². The molecule has 14 heavy (non-hydrogen) atoms. The molecule has 2 atom stereocenters. The van der Waals surface area contributed by atoms with Gasteiger partial charge in [-0.3, -0.25) is 0 Å². The summed E-state index contributed by atoms with van der Waals surface area (Å²) in [4.78, 5) is 12.0. The minimum Gasteiger partial charge on any atom is -0.391 e. The molecule has 2 heterocycles. The molecule has 0 radical (unpaired) electrons. The second-order valence-electron chi connectivity index (χ2n) is 3.36. The number of imidazole rings is 1. The number of hydrogen-bond acceptors (Lipinski definition) is 4. The van der Waals surface area contributed by atoms with Crippen molar-refractivity contribution in [3.05, 3.63) is 17.8 Å². The minimum absolute atomic E-state index is 0.103. The third kappa shape index (κ3) is 1.03. The van der Waals surface area contributed by atoms with Gasteiger partial charge in [-0.25, -0.2) is 15.0 Å². The molecule has 1 N–H and O–H groups in total. The molecule has 6 heteroatoms. The molecule has 2 aromatic rings. The van der Waals surface area contributed by atoms with Crippen LogP contribution in [0.4, 0.5) is 0 Å². The Hall–Kier alpha value is -1.20. The summed E-state index contributed by atoms with van der Waals surface area (Å²) in [5, 5.41) is 9.65. The number of aliphatic hydroxyl groups excluding tert-OH is 1. The van der Waals surface area contributed by atoms with Crippen LogP contribution in [0, 0.1) is 0 Å². The molecule has 3 rings (SSSR count). The molecule has 72 valence electrons. The van der Waals surface area contributed by atoms with Gasteiger partial charge in [0.25, 0.3) is 0 Å². The van der Waals surface area contributed by atoms with Crippen LogP contribution in [-0.4, -0.2) is 30.7 Å². The second kappa shape index (κ2) is 2.65. The maximum Gasteiger partial charge on any atom is 0.165 e. The van der Waals surface area contributed by atoms with Crippen molar-refractivity contribution in [3.8, 4) is 0 Å². The van der Waals surface area contributed by atoms with E-state index in [0.29, 0.717) is 16.3 Å². The predicted molar refractivity (Wildman–Crippen MR) is 50.0 cm³/mol. The standard InChI is InChI=1S/C8H7ClN4O/c9-7-6-8(11-2-10-7)13(3-12-6)4-1-5(4)14/h2-5,14H,1H2/t4-,5-/m0/s1. The highest BCUT2D eigenvalue weighted by Gasteiger charge is 2.38. The van der Waals surface area contributed by atoms with E-state index in [0.717, 1.165) is 6.42 Å². The molecule has 0 aliphatic heterocycles. The lowest BCUT2D eigenvalue weighted by molar-refractivity contribution is 0.260. The van der Waals surface area contributed by atoms with Gasteiger partial charge in [-0.05, 0) is 6.42 Å². The van der Waals surface area contributed by atoms with Crippen molar-refractivity contribution in [1.29, 1.82) is 0 Å². The molecule has 0 unspecified atom stereocenters. The monoisotopic (exact) mass is 210 g/mol. The highest BCUT2D eigenvalue weighted by Crippen LogP contribution is 2.37. The van der Waals surface area contributed by atoms with Crippen LogP contribution in [0.25, 0.3) is 11.2 Å². The van der Waals surface area contributed by atoms with Crippen molar-refractivity contribution in [2.24, 2.45) is 0 Å². The molecule has 0 amide bonds. The fraction of sp³-hybridized carbons (Fsp3) is 0.375. The molecular formula is C8H7ClN4O. The average molecular weight is 211 g/mol. The first-order valence-electron chi connectivity index (χ1n) is 4.28. The Morgan fingerprint density at radius 1 is 1.43 bits per heavy atom. The van der Waals surface area contributed by atoms with Gasteiger partial charge in [0.2, 0.25) is 0 Å². The van der Waals surface area contributed by atoms with Crippen LogP contribution in [0.5, 0.6) is 0 Å². The highest BCUT2D eigenvalue weighted by molar-refractivity contribution is 6.33. The SMILES string of the molecule is O[C@H]1C[C@@H]1n1cnc2c(Cl)ncnc21. The van der Waals surface area contributed by atoms with Crippen molar-refractivity contribution in [2.45, 2.75) is 18.6 Å². The number of fused-ring (bicyclic) bond motifs is 1. The van der Waals surface area contributed by atoms with Gasteiger partial charge in [0.05, 0.1) is 18.5 Å². The van der Waals surface area contributed by atoms with Crippen molar-refractivity contribution in [2.75, 3.05) is 0 Å². The molecule has 1 aliphatic rings. The molecule has 0 saturated heterocycles. The summed E-state index contributed by atoms with van der Waals surface area (Å²) in [6, 6.07) is 0.103. The largest absolute Gasteiger partial charge is 0.391 e. The summed E-state index contributed by atoms with van der Waals surface area (Å²) in [7, 11) is 0. The molecule has 2 aromatic heterocycles. The van der Waals surface area contributed by atoms with Crippen LogP contribution >= 0.6 is 11.6 Å². The quantitative estimate of drug-likeness (QED) is 0.707. The number of nitrogens with zero attached hydrogens (tertiary/aromatic N) is 4. The van der Waals surface area contributed by atoms with E-state index in [-0.39, 0.29) is 12.1 Å². The number of aliphatic hydroxyl groups is 1. The van der Waals surface area contributed by atoms with E-state index in [1.165, 1.54) is 6.33 Å². The van der Waals surface area contributed by atoms with Gasteiger partial charge >= 0.3 is 0 Å². The highest BCUT2D eigenvalue weighted by atomic mass is 35.5. The Morgan fingerprint density at radius 3 is 2.93 bits per heavy atom. The van der Waals surface area contributed by atoms with Crippen LogP contribution < -0.4 is 0 Å².